The van der Waals surface area contributed by atoms with Gasteiger partial charge in [0.2, 0.25) is 0 Å². The van der Waals surface area contributed by atoms with Gasteiger partial charge in [0.05, 0.1) is 6.61 Å². The van der Waals surface area contributed by atoms with Crippen molar-refractivity contribution in [1.82, 2.24) is 0 Å². The van der Waals surface area contributed by atoms with Crippen LogP contribution in [0.2, 0.25) is 0 Å². The molecule has 0 bridgehead atoms. The Bertz CT molecular complexity index is 342. The lowest BCUT2D eigenvalue weighted by atomic mass is 10.0. The summed E-state index contributed by atoms with van der Waals surface area (Å²) in [6, 6.07) is 6.90. The lowest BCUT2D eigenvalue weighted by molar-refractivity contribution is 0.182. The number of hydrogen-bond donors (Lipinski definition) is 1. The average molecular weight is 241 g/mol. The van der Waals surface area contributed by atoms with E-state index in [-0.39, 0.29) is 11.9 Å². The van der Waals surface area contributed by atoms with Crippen molar-refractivity contribution in [3.8, 4) is 0 Å². The summed E-state index contributed by atoms with van der Waals surface area (Å²) in [6.07, 6.45) is 1.03. The lowest BCUT2D eigenvalue weighted by Gasteiger charge is -2.16. The summed E-state index contributed by atoms with van der Waals surface area (Å²) in [5, 5.41) is 0. The van der Waals surface area contributed by atoms with Gasteiger partial charge in [-0.05, 0) is 18.6 Å². The first kappa shape index (κ1) is 11.9. The van der Waals surface area contributed by atoms with Gasteiger partial charge in [-0.25, -0.2) is 4.39 Å². The second kappa shape index (κ2) is 5.66. The smallest absolute Gasteiger partial charge is 0.136 e. The van der Waals surface area contributed by atoms with Crippen LogP contribution in [0.5, 0.6) is 0 Å². The molecule has 0 spiro atoms. The molecule has 2 unspecified atom stereocenters. The van der Waals surface area contributed by atoms with Gasteiger partial charge in [0.25, 0.3) is 0 Å². The molecule has 2 rings (SSSR count). The molecule has 2 N–H and O–H groups in total. The minimum atomic E-state index is -0.164. The van der Waals surface area contributed by atoms with E-state index in [0.29, 0.717) is 10.8 Å². The number of benzene rings is 1. The maximum atomic E-state index is 13.3. The third kappa shape index (κ3) is 2.97. The largest absolute Gasteiger partial charge is 0.381 e. The molecular formula is C12H16FNOS. The molecule has 2 nitrogen and oxygen atoms in total. The summed E-state index contributed by atoms with van der Waals surface area (Å²) in [7, 11) is 0. The molecule has 1 aromatic carbocycles. The summed E-state index contributed by atoms with van der Waals surface area (Å²) in [4.78, 5) is 0.678. The Morgan fingerprint density at radius 1 is 1.50 bits per heavy atom. The molecule has 2 atom stereocenters. The molecule has 88 valence electrons. The van der Waals surface area contributed by atoms with E-state index in [1.54, 1.807) is 12.1 Å². The van der Waals surface area contributed by atoms with Crippen molar-refractivity contribution >= 4 is 11.8 Å². The van der Waals surface area contributed by atoms with Crippen molar-refractivity contribution in [2.24, 2.45) is 11.7 Å². The highest BCUT2D eigenvalue weighted by Crippen LogP contribution is 2.25. The number of ether oxygens (including phenoxy) is 1. The quantitative estimate of drug-likeness (QED) is 0.821. The van der Waals surface area contributed by atoms with Gasteiger partial charge in [-0.3, -0.25) is 0 Å². The third-order valence-electron chi connectivity index (χ3n) is 2.84. The fourth-order valence-electron chi connectivity index (χ4n) is 1.77. The fourth-order valence-corrected chi connectivity index (χ4v) is 2.80. The third-order valence-corrected chi connectivity index (χ3v) is 4.03. The highest BCUT2D eigenvalue weighted by molar-refractivity contribution is 7.99. The van der Waals surface area contributed by atoms with Gasteiger partial charge in [0, 0.05) is 29.2 Å². The van der Waals surface area contributed by atoms with Gasteiger partial charge in [-0.2, -0.15) is 0 Å². The molecule has 0 aromatic heterocycles. The van der Waals surface area contributed by atoms with E-state index < -0.39 is 0 Å². The minimum absolute atomic E-state index is 0.0899. The van der Waals surface area contributed by atoms with E-state index in [1.807, 2.05) is 6.07 Å². The predicted molar refractivity (Wildman–Crippen MR) is 64.0 cm³/mol. The minimum Gasteiger partial charge on any atom is -0.381 e. The van der Waals surface area contributed by atoms with Crippen LogP contribution in [0.1, 0.15) is 6.42 Å². The number of rotatable bonds is 4. The molecule has 0 aliphatic carbocycles. The summed E-state index contributed by atoms with van der Waals surface area (Å²) < 4.78 is 18.6. The van der Waals surface area contributed by atoms with E-state index in [4.69, 9.17) is 10.5 Å². The predicted octanol–water partition coefficient (Wildman–Crippen LogP) is 2.28. The standard InChI is InChI=1S/C12H16FNOS/c13-10-3-1-2-4-12(10)16-8-11(14)9-5-6-15-7-9/h1-4,9,11H,5-8,14H2. The van der Waals surface area contributed by atoms with Gasteiger partial charge in [0.1, 0.15) is 5.82 Å². The highest BCUT2D eigenvalue weighted by atomic mass is 32.2. The molecule has 1 aromatic rings. The Morgan fingerprint density at radius 3 is 3.00 bits per heavy atom. The van der Waals surface area contributed by atoms with E-state index in [1.165, 1.54) is 17.8 Å². The molecule has 1 aliphatic heterocycles. The molecule has 0 saturated carbocycles. The second-order valence-corrected chi connectivity index (χ2v) is 5.09. The maximum Gasteiger partial charge on any atom is 0.136 e. The first-order chi connectivity index (χ1) is 7.77. The number of halogens is 1. The molecule has 0 radical (unpaired) electrons. The van der Waals surface area contributed by atoms with E-state index in [9.17, 15) is 4.39 Å². The van der Waals surface area contributed by atoms with Gasteiger partial charge in [-0.1, -0.05) is 12.1 Å². The zero-order valence-electron chi connectivity index (χ0n) is 9.06. The molecule has 1 heterocycles. The van der Waals surface area contributed by atoms with Gasteiger partial charge >= 0.3 is 0 Å². The van der Waals surface area contributed by atoms with Crippen LogP contribution in [0.25, 0.3) is 0 Å². The topological polar surface area (TPSA) is 35.2 Å². The molecule has 1 saturated heterocycles. The normalized spacial score (nSPS) is 22.2. The maximum absolute atomic E-state index is 13.3. The van der Waals surface area contributed by atoms with Crippen LogP contribution in [-0.2, 0) is 4.74 Å². The van der Waals surface area contributed by atoms with Crippen LogP contribution in [0.15, 0.2) is 29.2 Å². The van der Waals surface area contributed by atoms with Crippen LogP contribution < -0.4 is 5.73 Å². The Kier molecular flexibility index (Phi) is 4.21. The molecule has 1 fully saturated rings. The van der Waals surface area contributed by atoms with Crippen molar-refractivity contribution in [1.29, 1.82) is 0 Å². The van der Waals surface area contributed by atoms with E-state index in [2.05, 4.69) is 0 Å². The van der Waals surface area contributed by atoms with Crippen molar-refractivity contribution in [3.05, 3.63) is 30.1 Å². The van der Waals surface area contributed by atoms with Crippen molar-refractivity contribution in [3.63, 3.8) is 0 Å². The molecule has 4 heteroatoms. The molecule has 0 amide bonds. The second-order valence-electron chi connectivity index (χ2n) is 4.03. The van der Waals surface area contributed by atoms with E-state index >= 15 is 0 Å². The van der Waals surface area contributed by atoms with E-state index in [0.717, 1.165) is 25.4 Å². The van der Waals surface area contributed by atoms with Gasteiger partial charge in [-0.15, -0.1) is 11.8 Å². The Morgan fingerprint density at radius 2 is 2.31 bits per heavy atom. The zero-order valence-corrected chi connectivity index (χ0v) is 9.88. The SMILES string of the molecule is NC(CSc1ccccc1F)C1CCOC1. The molecule has 16 heavy (non-hydrogen) atoms. The first-order valence-corrected chi connectivity index (χ1v) is 6.46. The van der Waals surface area contributed by atoms with Crippen molar-refractivity contribution in [2.45, 2.75) is 17.4 Å². The van der Waals surface area contributed by atoms with Crippen LogP contribution in [0, 0.1) is 11.7 Å². The Hall–Kier alpha value is -0.580. The monoisotopic (exact) mass is 241 g/mol. The van der Waals surface area contributed by atoms with Crippen LogP contribution >= 0.6 is 11.8 Å². The Labute approximate surface area is 99.4 Å². The zero-order chi connectivity index (χ0) is 11.4. The average Bonchev–Trinajstić information content (AvgIpc) is 2.81. The lowest BCUT2D eigenvalue weighted by Crippen LogP contribution is -2.32. The summed E-state index contributed by atoms with van der Waals surface area (Å²) >= 11 is 1.49. The first-order valence-electron chi connectivity index (χ1n) is 5.48. The highest BCUT2D eigenvalue weighted by Gasteiger charge is 2.22. The fraction of sp³-hybridized carbons (Fsp3) is 0.500. The summed E-state index contributed by atoms with van der Waals surface area (Å²) in [5.41, 5.74) is 6.05. The van der Waals surface area contributed by atoms with Crippen LogP contribution in [-0.4, -0.2) is 25.0 Å². The van der Waals surface area contributed by atoms with Crippen molar-refractivity contribution < 1.29 is 9.13 Å². The number of hydrogen-bond acceptors (Lipinski definition) is 3. The molecule has 1 aliphatic rings. The summed E-state index contributed by atoms with van der Waals surface area (Å²) in [5.74, 6) is 1.01. The van der Waals surface area contributed by atoms with Gasteiger partial charge in [0.15, 0.2) is 0 Å². The van der Waals surface area contributed by atoms with Crippen LogP contribution in [0.4, 0.5) is 4.39 Å². The summed E-state index contributed by atoms with van der Waals surface area (Å²) in [6.45, 7) is 1.56. The number of thioether (sulfide) groups is 1. The van der Waals surface area contributed by atoms with Gasteiger partial charge < -0.3 is 10.5 Å². The van der Waals surface area contributed by atoms with Crippen LogP contribution in [0.3, 0.4) is 0 Å². The number of nitrogens with two attached hydrogens (primary N) is 1. The van der Waals surface area contributed by atoms with Crippen molar-refractivity contribution in [2.75, 3.05) is 19.0 Å². The molecular weight excluding hydrogens is 225 g/mol. The Balaban J connectivity index is 1.84.